The number of rotatable bonds is 1. The van der Waals surface area contributed by atoms with E-state index < -0.39 is 11.4 Å². The van der Waals surface area contributed by atoms with Crippen molar-refractivity contribution in [1.29, 1.82) is 0 Å². The summed E-state index contributed by atoms with van der Waals surface area (Å²) in [6.45, 7) is 6.76. The van der Waals surface area contributed by atoms with E-state index in [-0.39, 0.29) is 17.8 Å². The van der Waals surface area contributed by atoms with Crippen LogP contribution < -0.4 is 0 Å². The van der Waals surface area contributed by atoms with Gasteiger partial charge in [0.15, 0.2) is 11.6 Å². The Balaban J connectivity index is 1.94. The number of amides is 1. The summed E-state index contributed by atoms with van der Waals surface area (Å²) in [5.41, 5.74) is 0.425. The molecule has 1 fully saturated rings. The summed E-state index contributed by atoms with van der Waals surface area (Å²) < 4.78 is 18.4. The number of carbonyl (C=O) groups is 1. The first-order valence-corrected chi connectivity index (χ1v) is 7.22. The van der Waals surface area contributed by atoms with E-state index in [1.165, 1.54) is 12.1 Å². The largest absolute Gasteiger partial charge is 0.505 e. The van der Waals surface area contributed by atoms with Gasteiger partial charge in [0.2, 0.25) is 0 Å². The zero-order valence-corrected chi connectivity index (χ0v) is 12.7. The average molecular weight is 295 g/mol. The highest BCUT2D eigenvalue weighted by Gasteiger charge is 2.27. The van der Waals surface area contributed by atoms with E-state index in [1.807, 2.05) is 20.8 Å². The number of aromatic hydroxyl groups is 1. The summed E-state index contributed by atoms with van der Waals surface area (Å²) in [7, 11) is 0. The fourth-order valence-corrected chi connectivity index (χ4v) is 2.51. The van der Waals surface area contributed by atoms with Crippen molar-refractivity contribution in [1.82, 2.24) is 4.90 Å². The molecule has 0 aromatic heterocycles. The molecule has 21 heavy (non-hydrogen) atoms. The third kappa shape index (κ3) is 4.09. The van der Waals surface area contributed by atoms with Crippen molar-refractivity contribution in [3.05, 3.63) is 29.6 Å². The Morgan fingerprint density at radius 3 is 2.48 bits per heavy atom. The maximum atomic E-state index is 13.1. The van der Waals surface area contributed by atoms with E-state index >= 15 is 0 Å². The summed E-state index contributed by atoms with van der Waals surface area (Å²) >= 11 is 0. The van der Waals surface area contributed by atoms with E-state index in [9.17, 15) is 14.3 Å². The minimum atomic E-state index is -0.607. The second-order valence-electron chi connectivity index (χ2n) is 6.45. The molecule has 0 bridgehead atoms. The number of benzene rings is 1. The molecule has 0 atom stereocenters. The van der Waals surface area contributed by atoms with Crippen LogP contribution in [0.2, 0.25) is 0 Å². The molecule has 1 aliphatic heterocycles. The summed E-state index contributed by atoms with van der Waals surface area (Å²) in [5.74, 6) is -0.692. The van der Waals surface area contributed by atoms with Crippen molar-refractivity contribution in [3.63, 3.8) is 0 Å². The Morgan fingerprint density at radius 2 is 1.95 bits per heavy atom. The topological polar surface area (TPSA) is 49.8 Å². The van der Waals surface area contributed by atoms with Crippen molar-refractivity contribution in [3.8, 4) is 5.75 Å². The Hall–Kier alpha value is -1.78. The SMILES string of the molecule is CC(C)(C)OC(=O)N1CCC(c2ccc(F)c(O)c2)CC1. The van der Waals surface area contributed by atoms with Crippen molar-refractivity contribution < 1.29 is 19.0 Å². The van der Waals surface area contributed by atoms with Gasteiger partial charge >= 0.3 is 6.09 Å². The van der Waals surface area contributed by atoms with E-state index in [1.54, 1.807) is 11.0 Å². The quantitative estimate of drug-likeness (QED) is 0.860. The lowest BCUT2D eigenvalue weighted by Gasteiger charge is -2.33. The highest BCUT2D eigenvalue weighted by Crippen LogP contribution is 2.31. The number of phenols is 1. The number of carbonyl (C=O) groups excluding carboxylic acids is 1. The summed E-state index contributed by atoms with van der Waals surface area (Å²) in [4.78, 5) is 13.7. The maximum absolute atomic E-state index is 13.1. The highest BCUT2D eigenvalue weighted by atomic mass is 19.1. The molecule has 1 aromatic rings. The summed E-state index contributed by atoms with van der Waals surface area (Å²) in [6, 6.07) is 4.46. The van der Waals surface area contributed by atoms with Gasteiger partial charge in [0.25, 0.3) is 0 Å². The second kappa shape index (κ2) is 5.92. The number of halogens is 1. The van der Waals surface area contributed by atoms with Gasteiger partial charge in [0, 0.05) is 13.1 Å². The molecule has 1 amide bonds. The van der Waals surface area contributed by atoms with Crippen LogP contribution >= 0.6 is 0 Å². The first-order chi connectivity index (χ1) is 9.76. The smallest absolute Gasteiger partial charge is 0.410 e. The number of hydrogen-bond acceptors (Lipinski definition) is 3. The molecule has 1 aromatic carbocycles. The number of likely N-dealkylation sites (tertiary alicyclic amines) is 1. The van der Waals surface area contributed by atoms with Gasteiger partial charge in [0.1, 0.15) is 5.60 Å². The Bertz CT molecular complexity index is 517. The monoisotopic (exact) mass is 295 g/mol. The van der Waals surface area contributed by atoms with Gasteiger partial charge in [-0.15, -0.1) is 0 Å². The van der Waals surface area contributed by atoms with Crippen LogP contribution in [0.15, 0.2) is 18.2 Å². The standard InChI is InChI=1S/C16H22FNO3/c1-16(2,3)21-15(20)18-8-6-11(7-9-18)12-4-5-13(17)14(19)10-12/h4-5,10-11,19H,6-9H2,1-3H3. The molecule has 1 saturated heterocycles. The Labute approximate surface area is 124 Å². The fourth-order valence-electron chi connectivity index (χ4n) is 2.51. The molecule has 2 rings (SSSR count). The van der Waals surface area contributed by atoms with Crippen LogP contribution in [0.5, 0.6) is 5.75 Å². The van der Waals surface area contributed by atoms with Gasteiger partial charge in [0.05, 0.1) is 0 Å². The molecule has 0 radical (unpaired) electrons. The average Bonchev–Trinajstić information content (AvgIpc) is 2.40. The van der Waals surface area contributed by atoms with Crippen molar-refractivity contribution in [2.24, 2.45) is 0 Å². The maximum Gasteiger partial charge on any atom is 0.410 e. The van der Waals surface area contributed by atoms with Crippen LogP contribution in [-0.4, -0.2) is 34.8 Å². The van der Waals surface area contributed by atoms with Crippen LogP contribution in [0.4, 0.5) is 9.18 Å². The summed E-state index contributed by atoms with van der Waals surface area (Å²) in [6.07, 6.45) is 1.28. The van der Waals surface area contributed by atoms with Crippen LogP contribution in [0, 0.1) is 5.82 Å². The zero-order valence-electron chi connectivity index (χ0n) is 12.7. The first kappa shape index (κ1) is 15.6. The zero-order chi connectivity index (χ0) is 15.6. The Kier molecular flexibility index (Phi) is 4.40. The van der Waals surface area contributed by atoms with Crippen molar-refractivity contribution in [2.75, 3.05) is 13.1 Å². The number of ether oxygens (including phenoxy) is 1. The van der Waals surface area contributed by atoms with Crippen LogP contribution in [0.1, 0.15) is 45.1 Å². The number of nitrogens with zero attached hydrogens (tertiary/aromatic N) is 1. The third-order valence-corrected chi connectivity index (χ3v) is 3.59. The molecule has 1 aliphatic rings. The molecular weight excluding hydrogens is 273 g/mol. The molecule has 0 saturated carbocycles. The number of hydrogen-bond donors (Lipinski definition) is 1. The van der Waals surface area contributed by atoms with Crippen LogP contribution in [0.3, 0.4) is 0 Å². The van der Waals surface area contributed by atoms with E-state index in [0.717, 1.165) is 18.4 Å². The van der Waals surface area contributed by atoms with Gasteiger partial charge in [-0.25, -0.2) is 9.18 Å². The van der Waals surface area contributed by atoms with Crippen LogP contribution in [-0.2, 0) is 4.74 Å². The van der Waals surface area contributed by atoms with Gasteiger partial charge in [-0.3, -0.25) is 0 Å². The molecule has 5 heteroatoms. The minimum absolute atomic E-state index is 0.232. The lowest BCUT2D eigenvalue weighted by Crippen LogP contribution is -2.41. The Morgan fingerprint density at radius 1 is 1.33 bits per heavy atom. The molecule has 4 nitrogen and oxygen atoms in total. The highest BCUT2D eigenvalue weighted by molar-refractivity contribution is 5.68. The molecule has 116 valence electrons. The first-order valence-electron chi connectivity index (χ1n) is 7.22. The van der Waals surface area contributed by atoms with Crippen LogP contribution in [0.25, 0.3) is 0 Å². The van der Waals surface area contributed by atoms with E-state index in [4.69, 9.17) is 4.74 Å². The van der Waals surface area contributed by atoms with Gasteiger partial charge in [-0.05, 0) is 57.2 Å². The molecule has 1 N–H and O–H groups in total. The lowest BCUT2D eigenvalue weighted by molar-refractivity contribution is 0.0205. The summed E-state index contributed by atoms with van der Waals surface area (Å²) in [5, 5.41) is 9.44. The predicted molar refractivity (Wildman–Crippen MR) is 77.8 cm³/mol. The molecule has 1 heterocycles. The fraction of sp³-hybridized carbons (Fsp3) is 0.562. The molecule has 0 aliphatic carbocycles. The molecule has 0 spiro atoms. The van der Waals surface area contributed by atoms with Gasteiger partial charge in [-0.2, -0.15) is 0 Å². The van der Waals surface area contributed by atoms with E-state index in [2.05, 4.69) is 0 Å². The second-order valence-corrected chi connectivity index (χ2v) is 6.45. The molecular formula is C16H22FNO3. The molecule has 0 unspecified atom stereocenters. The van der Waals surface area contributed by atoms with Gasteiger partial charge in [-0.1, -0.05) is 6.07 Å². The van der Waals surface area contributed by atoms with Gasteiger partial charge < -0.3 is 14.7 Å². The minimum Gasteiger partial charge on any atom is -0.505 e. The third-order valence-electron chi connectivity index (χ3n) is 3.59. The number of phenolic OH excluding ortho intramolecular Hbond substituents is 1. The van der Waals surface area contributed by atoms with Crippen molar-refractivity contribution >= 4 is 6.09 Å². The lowest BCUT2D eigenvalue weighted by atomic mass is 9.89. The number of piperidine rings is 1. The normalized spacial score (nSPS) is 16.9. The van der Waals surface area contributed by atoms with Crippen molar-refractivity contribution in [2.45, 2.75) is 45.1 Å². The predicted octanol–water partition coefficient (Wildman–Crippen LogP) is 3.65. The van der Waals surface area contributed by atoms with E-state index in [0.29, 0.717) is 13.1 Å².